The lowest BCUT2D eigenvalue weighted by atomic mass is 10.3. The summed E-state index contributed by atoms with van der Waals surface area (Å²) in [6.07, 6.45) is 0. The van der Waals surface area contributed by atoms with E-state index in [0.29, 0.717) is 0 Å². The van der Waals surface area contributed by atoms with E-state index < -0.39 is 0 Å². The van der Waals surface area contributed by atoms with Crippen LogP contribution in [0.25, 0.3) is 0 Å². The third kappa shape index (κ3) is 13.0. The summed E-state index contributed by atoms with van der Waals surface area (Å²) in [6.45, 7) is 8.00. The number of methoxy groups -OCH3 is 1. The molecule has 0 unspecified atom stereocenters. The summed E-state index contributed by atoms with van der Waals surface area (Å²) >= 11 is 3.31. The molecule has 0 bridgehead atoms. The Morgan fingerprint density at radius 2 is 1.05 bits per heavy atom. The first-order valence-electron chi connectivity index (χ1n) is 6.62. The number of para-hydroxylation sites is 1. The molecule has 0 N–H and O–H groups in total. The summed E-state index contributed by atoms with van der Waals surface area (Å²) < 4.78 is 6.05. The molecule has 106 valence electrons. The molecule has 2 rings (SSSR count). The second-order valence-electron chi connectivity index (χ2n) is 2.81. The molecule has 2 aromatic rings. The Hall–Kier alpha value is -1.28. The number of ether oxygens (including phenoxy) is 1. The van der Waals surface area contributed by atoms with Gasteiger partial charge >= 0.3 is 0 Å². The molecule has 0 aliphatic rings. The predicted molar refractivity (Wildman–Crippen MR) is 89.8 cm³/mol. The van der Waals surface area contributed by atoms with E-state index in [9.17, 15) is 0 Å². The summed E-state index contributed by atoms with van der Waals surface area (Å²) in [5, 5.41) is 0. The van der Waals surface area contributed by atoms with Gasteiger partial charge in [0.25, 0.3) is 0 Å². The zero-order valence-electron chi connectivity index (χ0n) is 12.6. The largest absolute Gasteiger partial charge is 0.497 e. The normalized spacial score (nSPS) is 7.47. The maximum Gasteiger partial charge on any atom is 0.118 e. The van der Waals surface area contributed by atoms with Gasteiger partial charge in [-0.2, -0.15) is 0 Å². The predicted octanol–water partition coefficient (Wildman–Crippen LogP) is 6.20. The second kappa shape index (κ2) is 16.7. The summed E-state index contributed by atoms with van der Waals surface area (Å²) in [7, 11) is 1.66. The van der Waals surface area contributed by atoms with Crippen LogP contribution in [0.2, 0.25) is 0 Å². The highest BCUT2D eigenvalue weighted by molar-refractivity contribution is 9.10. The Balaban J connectivity index is 0. The summed E-state index contributed by atoms with van der Waals surface area (Å²) in [5.74, 6) is 0.910. The lowest BCUT2D eigenvalue weighted by Crippen LogP contribution is -1.78. The van der Waals surface area contributed by atoms with Crippen LogP contribution < -0.4 is 4.74 Å². The van der Waals surface area contributed by atoms with Crippen LogP contribution in [0.3, 0.4) is 0 Å². The summed E-state index contributed by atoms with van der Waals surface area (Å²) in [4.78, 5) is 0. The van der Waals surface area contributed by atoms with Crippen molar-refractivity contribution in [1.29, 1.82) is 0 Å². The van der Waals surface area contributed by atoms with Crippen LogP contribution in [-0.4, -0.2) is 7.11 Å². The van der Waals surface area contributed by atoms with Crippen molar-refractivity contribution < 1.29 is 4.74 Å². The average Bonchev–Trinajstić information content (AvgIpc) is 2.53. The lowest BCUT2D eigenvalue weighted by molar-refractivity contribution is 0.415. The van der Waals surface area contributed by atoms with Gasteiger partial charge in [0.05, 0.1) is 7.11 Å². The molecule has 0 heterocycles. The smallest absolute Gasteiger partial charge is 0.118 e. The van der Waals surface area contributed by atoms with E-state index in [4.69, 9.17) is 4.74 Å². The van der Waals surface area contributed by atoms with Crippen LogP contribution in [0.15, 0.2) is 65.1 Å². The fraction of sp³-hybridized carbons (Fsp3) is 0.294. The zero-order chi connectivity index (χ0) is 14.9. The molecular weight excluding hydrogens is 300 g/mol. The van der Waals surface area contributed by atoms with Gasteiger partial charge in [0.2, 0.25) is 0 Å². The molecule has 19 heavy (non-hydrogen) atoms. The average molecular weight is 325 g/mol. The maximum atomic E-state index is 4.91. The quantitative estimate of drug-likeness (QED) is 0.607. The number of rotatable bonds is 1. The van der Waals surface area contributed by atoms with Gasteiger partial charge in [0.15, 0.2) is 0 Å². The molecule has 0 aliphatic carbocycles. The fourth-order valence-electron chi connectivity index (χ4n) is 0.971. The SMILES string of the molecule is Brc1ccccc1.CC.CC.COc1ccccc1. The van der Waals surface area contributed by atoms with Crippen LogP contribution in [0.5, 0.6) is 5.75 Å². The highest BCUT2D eigenvalue weighted by Crippen LogP contribution is 2.05. The van der Waals surface area contributed by atoms with Gasteiger partial charge in [0, 0.05) is 4.47 Å². The van der Waals surface area contributed by atoms with Gasteiger partial charge in [-0.3, -0.25) is 0 Å². The maximum absolute atomic E-state index is 4.91. The molecule has 0 aliphatic heterocycles. The molecule has 1 nitrogen and oxygen atoms in total. The van der Waals surface area contributed by atoms with Crippen molar-refractivity contribution in [3.63, 3.8) is 0 Å². The fourth-order valence-corrected chi connectivity index (χ4v) is 1.28. The van der Waals surface area contributed by atoms with E-state index in [0.717, 1.165) is 10.2 Å². The zero-order valence-corrected chi connectivity index (χ0v) is 14.1. The second-order valence-corrected chi connectivity index (χ2v) is 3.73. The summed E-state index contributed by atoms with van der Waals surface area (Å²) in [6, 6.07) is 19.7. The molecule has 2 heteroatoms. The van der Waals surface area contributed by atoms with Gasteiger partial charge in [0.1, 0.15) is 5.75 Å². The monoisotopic (exact) mass is 324 g/mol. The number of halogens is 1. The summed E-state index contributed by atoms with van der Waals surface area (Å²) in [5.41, 5.74) is 0. The minimum absolute atomic E-state index is 0.910. The molecular formula is C17H25BrO. The van der Waals surface area contributed by atoms with Crippen LogP contribution in [0.4, 0.5) is 0 Å². The van der Waals surface area contributed by atoms with Crippen molar-refractivity contribution in [3.8, 4) is 5.75 Å². The van der Waals surface area contributed by atoms with E-state index in [1.807, 2.05) is 88.4 Å². The third-order valence-corrected chi connectivity index (χ3v) is 2.24. The lowest BCUT2D eigenvalue weighted by Gasteiger charge is -1.93. The van der Waals surface area contributed by atoms with Crippen molar-refractivity contribution in [2.75, 3.05) is 7.11 Å². The van der Waals surface area contributed by atoms with Crippen LogP contribution in [0, 0.1) is 0 Å². The Bertz CT molecular complexity index is 360. The van der Waals surface area contributed by atoms with Crippen molar-refractivity contribution >= 4 is 15.9 Å². The molecule has 2 aromatic carbocycles. The van der Waals surface area contributed by atoms with E-state index >= 15 is 0 Å². The van der Waals surface area contributed by atoms with Gasteiger partial charge < -0.3 is 4.74 Å². The van der Waals surface area contributed by atoms with Gasteiger partial charge in [-0.15, -0.1) is 0 Å². The first-order valence-corrected chi connectivity index (χ1v) is 7.42. The Morgan fingerprint density at radius 1 is 0.684 bits per heavy atom. The Kier molecular flexibility index (Phi) is 17.6. The van der Waals surface area contributed by atoms with Crippen LogP contribution in [-0.2, 0) is 0 Å². The number of hydrogen-bond acceptors (Lipinski definition) is 1. The molecule has 0 aromatic heterocycles. The third-order valence-electron chi connectivity index (χ3n) is 1.71. The standard InChI is InChI=1S/C7H8O.C6H5Br.2C2H6/c1-8-7-5-3-2-4-6-7;7-6-4-2-1-3-5-6;2*1-2/h2-6H,1H3;1-5H;2*1-2H3. The van der Waals surface area contributed by atoms with Crippen molar-refractivity contribution in [1.82, 2.24) is 0 Å². The van der Waals surface area contributed by atoms with E-state index in [1.54, 1.807) is 7.11 Å². The van der Waals surface area contributed by atoms with Crippen molar-refractivity contribution in [2.45, 2.75) is 27.7 Å². The van der Waals surface area contributed by atoms with Crippen LogP contribution >= 0.6 is 15.9 Å². The number of hydrogen-bond donors (Lipinski definition) is 0. The van der Waals surface area contributed by atoms with E-state index in [2.05, 4.69) is 15.9 Å². The topological polar surface area (TPSA) is 9.23 Å². The molecule has 0 amide bonds. The minimum atomic E-state index is 0.910. The first kappa shape index (κ1) is 20.0. The molecule has 0 fully saturated rings. The van der Waals surface area contributed by atoms with E-state index in [1.165, 1.54) is 0 Å². The molecule has 0 saturated heterocycles. The van der Waals surface area contributed by atoms with E-state index in [-0.39, 0.29) is 0 Å². The van der Waals surface area contributed by atoms with Gasteiger partial charge in [-0.1, -0.05) is 80.0 Å². The van der Waals surface area contributed by atoms with Crippen molar-refractivity contribution in [3.05, 3.63) is 65.1 Å². The van der Waals surface area contributed by atoms with Gasteiger partial charge in [-0.05, 0) is 24.3 Å². The van der Waals surface area contributed by atoms with Gasteiger partial charge in [-0.25, -0.2) is 0 Å². The van der Waals surface area contributed by atoms with Crippen LogP contribution in [0.1, 0.15) is 27.7 Å². The molecule has 0 saturated carbocycles. The Labute approximate surface area is 126 Å². The molecule has 0 spiro atoms. The van der Waals surface area contributed by atoms with Crippen molar-refractivity contribution in [2.24, 2.45) is 0 Å². The first-order chi connectivity index (χ1) is 9.33. The minimum Gasteiger partial charge on any atom is -0.497 e. The highest BCUT2D eigenvalue weighted by atomic mass is 79.9. The number of benzene rings is 2. The highest BCUT2D eigenvalue weighted by Gasteiger charge is 1.80. The molecule has 0 atom stereocenters. The Morgan fingerprint density at radius 3 is 1.26 bits per heavy atom. The molecule has 0 radical (unpaired) electrons.